The zero-order valence-electron chi connectivity index (χ0n) is 9.47. The van der Waals surface area contributed by atoms with Crippen LogP contribution in [0.25, 0.3) is 0 Å². The van der Waals surface area contributed by atoms with E-state index in [0.717, 1.165) is 45.1 Å². The summed E-state index contributed by atoms with van der Waals surface area (Å²) in [6, 6.07) is 0.0527. The number of hydrogen-bond donors (Lipinski definition) is 1. The molecule has 1 amide bonds. The lowest BCUT2D eigenvalue weighted by Crippen LogP contribution is -2.48. The number of hydrogen-bond acceptors (Lipinski definition) is 4. The highest BCUT2D eigenvalue weighted by Gasteiger charge is 2.34. The molecule has 1 atom stereocenters. The first-order chi connectivity index (χ1) is 7.72. The van der Waals surface area contributed by atoms with Crippen molar-refractivity contribution in [2.75, 3.05) is 19.6 Å². The molecule has 2 N–H and O–H groups in total. The Labute approximate surface area is 96.2 Å². The van der Waals surface area contributed by atoms with Crippen molar-refractivity contribution in [1.29, 1.82) is 0 Å². The molecule has 0 bridgehead atoms. The Morgan fingerprint density at radius 3 is 2.44 bits per heavy atom. The molecule has 2 heterocycles. The number of nitrogens with zero attached hydrogens (tertiary/aromatic N) is 2. The average molecular weight is 223 g/mol. The number of rotatable bonds is 3. The third-order valence-electron chi connectivity index (χ3n) is 3.61. The van der Waals surface area contributed by atoms with Gasteiger partial charge in [0.15, 0.2) is 0 Å². The molecule has 0 aliphatic carbocycles. The van der Waals surface area contributed by atoms with Crippen LogP contribution < -0.4 is 5.73 Å². The minimum atomic E-state index is -0.284. The van der Waals surface area contributed by atoms with Crippen molar-refractivity contribution in [2.45, 2.75) is 31.3 Å². The second-order valence-corrected chi connectivity index (χ2v) is 4.63. The minimum Gasteiger partial charge on any atom is -0.339 e. The second kappa shape index (κ2) is 4.97. The van der Waals surface area contributed by atoms with Gasteiger partial charge in [-0.1, -0.05) is 0 Å². The lowest BCUT2D eigenvalue weighted by Gasteiger charge is -2.36. The van der Waals surface area contributed by atoms with Crippen LogP contribution in [0, 0.1) is 0 Å². The van der Waals surface area contributed by atoms with Crippen molar-refractivity contribution >= 4 is 19.5 Å². The first-order valence-corrected chi connectivity index (χ1v) is 5.94. The van der Waals surface area contributed by atoms with Gasteiger partial charge >= 0.3 is 0 Å². The van der Waals surface area contributed by atoms with Crippen LogP contribution in [0.2, 0.25) is 0 Å². The predicted molar refractivity (Wildman–Crippen MR) is 62.8 cm³/mol. The van der Waals surface area contributed by atoms with Gasteiger partial charge in [-0.3, -0.25) is 4.79 Å². The van der Waals surface area contributed by atoms with Gasteiger partial charge in [0.25, 0.3) is 7.41 Å². The number of piperidine rings is 1. The van der Waals surface area contributed by atoms with Crippen molar-refractivity contribution in [2.24, 2.45) is 5.73 Å². The van der Waals surface area contributed by atoms with Crippen molar-refractivity contribution in [3.63, 3.8) is 0 Å². The number of amides is 1. The number of likely N-dealkylation sites (tertiary alicyclic amines) is 1. The van der Waals surface area contributed by atoms with E-state index in [2.05, 4.69) is 4.81 Å². The standard InChI is InChI=1S/C10H18BN3O2/c12-9-3-6-14(10(9)16)8-1-4-13(5-2-8)11-7-15/h7-9,11H,1-6,12H2/t9-/m1/s1. The summed E-state index contributed by atoms with van der Waals surface area (Å²) in [6.07, 6.45) is 3.66. The van der Waals surface area contributed by atoms with E-state index < -0.39 is 0 Å². The number of carbonyl (C=O) groups is 2. The SMILES string of the molecule is N[C@@H]1CCN(C2CCN(BC=O)CC2)C1=O. The zero-order chi connectivity index (χ0) is 11.5. The van der Waals surface area contributed by atoms with Crippen LogP contribution in [0.1, 0.15) is 19.3 Å². The van der Waals surface area contributed by atoms with E-state index in [0.29, 0.717) is 13.5 Å². The van der Waals surface area contributed by atoms with E-state index in [4.69, 9.17) is 5.73 Å². The normalized spacial score (nSPS) is 28.4. The Morgan fingerprint density at radius 1 is 1.25 bits per heavy atom. The molecule has 0 unspecified atom stereocenters. The molecule has 2 aliphatic rings. The van der Waals surface area contributed by atoms with Crippen LogP contribution >= 0.6 is 0 Å². The molecule has 0 aromatic carbocycles. The summed E-state index contributed by atoms with van der Waals surface area (Å²) in [5.41, 5.74) is 5.70. The van der Waals surface area contributed by atoms with Crippen LogP contribution in [-0.4, -0.2) is 60.9 Å². The fraction of sp³-hybridized carbons (Fsp3) is 0.800. The minimum absolute atomic E-state index is 0.105. The third kappa shape index (κ3) is 2.27. The van der Waals surface area contributed by atoms with Crippen LogP contribution in [0.3, 0.4) is 0 Å². The maximum absolute atomic E-state index is 11.7. The van der Waals surface area contributed by atoms with Crippen LogP contribution in [-0.2, 0) is 9.59 Å². The number of carbonyl (C=O) groups excluding carboxylic acids is 2. The van der Waals surface area contributed by atoms with Gasteiger partial charge in [-0.25, -0.2) is 0 Å². The smallest absolute Gasteiger partial charge is 0.281 e. The first kappa shape index (κ1) is 11.6. The Morgan fingerprint density at radius 2 is 1.94 bits per heavy atom. The van der Waals surface area contributed by atoms with Crippen molar-refractivity contribution in [3.8, 4) is 0 Å². The quantitative estimate of drug-likeness (QED) is 0.469. The molecule has 88 valence electrons. The molecule has 6 heteroatoms. The maximum Gasteiger partial charge on any atom is 0.281 e. The van der Waals surface area contributed by atoms with E-state index in [1.54, 1.807) is 0 Å². The van der Waals surface area contributed by atoms with E-state index in [-0.39, 0.29) is 11.9 Å². The third-order valence-corrected chi connectivity index (χ3v) is 3.61. The molecule has 0 spiro atoms. The summed E-state index contributed by atoms with van der Waals surface area (Å²) in [7, 11) is 0.514. The first-order valence-electron chi connectivity index (χ1n) is 5.94. The fourth-order valence-electron chi connectivity index (χ4n) is 2.61. The summed E-state index contributed by atoms with van der Waals surface area (Å²) >= 11 is 0. The Kier molecular flexibility index (Phi) is 3.61. The van der Waals surface area contributed by atoms with Crippen molar-refractivity contribution in [3.05, 3.63) is 0 Å². The average Bonchev–Trinajstić information content (AvgIpc) is 2.62. The van der Waals surface area contributed by atoms with Gasteiger partial charge in [0.2, 0.25) is 5.91 Å². The molecule has 0 radical (unpaired) electrons. The van der Waals surface area contributed by atoms with Gasteiger partial charge in [0.05, 0.1) is 12.2 Å². The highest BCUT2D eigenvalue weighted by molar-refractivity contribution is 6.64. The second-order valence-electron chi connectivity index (χ2n) is 4.63. The van der Waals surface area contributed by atoms with Crippen LogP contribution in [0.4, 0.5) is 0 Å². The molecule has 0 saturated carbocycles. The van der Waals surface area contributed by atoms with Crippen molar-refractivity contribution < 1.29 is 9.59 Å². The highest BCUT2D eigenvalue weighted by Crippen LogP contribution is 2.21. The van der Waals surface area contributed by atoms with Gasteiger partial charge in [-0.2, -0.15) is 0 Å². The van der Waals surface area contributed by atoms with Gasteiger partial charge < -0.3 is 20.2 Å². The Balaban J connectivity index is 1.85. The summed E-state index contributed by atoms with van der Waals surface area (Å²) in [6.45, 7) is 2.61. The van der Waals surface area contributed by atoms with Gasteiger partial charge in [0.1, 0.15) is 0 Å². The molecule has 2 aliphatic heterocycles. The molecule has 2 saturated heterocycles. The largest absolute Gasteiger partial charge is 0.339 e. The van der Waals surface area contributed by atoms with E-state index in [1.807, 2.05) is 4.90 Å². The van der Waals surface area contributed by atoms with Crippen LogP contribution in [0.5, 0.6) is 0 Å². The zero-order valence-corrected chi connectivity index (χ0v) is 9.47. The predicted octanol–water partition coefficient (Wildman–Crippen LogP) is -1.45. The van der Waals surface area contributed by atoms with Crippen LogP contribution in [0.15, 0.2) is 0 Å². The van der Waals surface area contributed by atoms with Gasteiger partial charge in [0, 0.05) is 12.6 Å². The summed E-state index contributed by atoms with van der Waals surface area (Å²) in [5, 5.41) is 0. The maximum atomic E-state index is 11.7. The molecule has 16 heavy (non-hydrogen) atoms. The van der Waals surface area contributed by atoms with Crippen molar-refractivity contribution in [1.82, 2.24) is 9.71 Å². The molecular weight excluding hydrogens is 205 g/mol. The molecule has 0 aromatic rings. The summed E-state index contributed by atoms with van der Waals surface area (Å²) < 4.78 is 0. The highest BCUT2D eigenvalue weighted by atomic mass is 16.2. The Hall–Kier alpha value is -0.875. The van der Waals surface area contributed by atoms with E-state index >= 15 is 0 Å². The monoisotopic (exact) mass is 223 g/mol. The van der Waals surface area contributed by atoms with Gasteiger partial charge in [-0.05, 0) is 32.4 Å². The van der Waals surface area contributed by atoms with Gasteiger partial charge in [-0.15, -0.1) is 0 Å². The molecule has 2 rings (SSSR count). The van der Waals surface area contributed by atoms with E-state index in [1.165, 1.54) is 0 Å². The summed E-state index contributed by atoms with van der Waals surface area (Å²) in [5.74, 6) is 0.105. The lowest BCUT2D eigenvalue weighted by molar-refractivity contribution is -0.131. The lowest BCUT2D eigenvalue weighted by atomic mass is 9.89. The Bertz CT molecular complexity index is 279. The topological polar surface area (TPSA) is 66.6 Å². The fourth-order valence-corrected chi connectivity index (χ4v) is 2.61. The molecule has 5 nitrogen and oxygen atoms in total. The summed E-state index contributed by atoms with van der Waals surface area (Å²) in [4.78, 5) is 26.2. The molecular formula is C10H18BN3O2. The molecule has 0 aromatic heterocycles. The van der Waals surface area contributed by atoms with E-state index in [9.17, 15) is 9.59 Å². The molecule has 2 fully saturated rings. The number of nitrogens with two attached hydrogens (primary N) is 1.